The van der Waals surface area contributed by atoms with E-state index in [2.05, 4.69) is 0 Å². The van der Waals surface area contributed by atoms with Crippen LogP contribution in [0.15, 0.2) is 48.5 Å². The minimum Gasteiger partial charge on any atom is -0.324 e. The van der Waals surface area contributed by atoms with Crippen molar-refractivity contribution in [1.82, 2.24) is 0 Å². The highest BCUT2D eigenvalue weighted by atomic mass is 35.5. The number of nitrogens with zero attached hydrogens (tertiary/aromatic N) is 1. The lowest BCUT2D eigenvalue weighted by atomic mass is 9.89. The van der Waals surface area contributed by atoms with Crippen molar-refractivity contribution in [2.24, 2.45) is 11.7 Å². The first-order valence-electron chi connectivity index (χ1n) is 6.73. The van der Waals surface area contributed by atoms with Gasteiger partial charge in [0.15, 0.2) is 0 Å². The van der Waals surface area contributed by atoms with Crippen molar-refractivity contribution in [2.75, 3.05) is 0 Å². The first kappa shape index (κ1) is 15.5. The van der Waals surface area contributed by atoms with E-state index in [0.29, 0.717) is 17.0 Å². The standard InChI is InChI=1S/C16H17ClN2O2/c1-11(16(18)12-6-3-2-4-7-12)10-13-14(17)8-5-9-15(13)19(20)21/h2-9,11,16H,10,18H2,1H3. The van der Waals surface area contributed by atoms with E-state index in [1.807, 2.05) is 37.3 Å². The zero-order valence-electron chi connectivity index (χ0n) is 11.7. The van der Waals surface area contributed by atoms with Crippen LogP contribution in [0, 0.1) is 16.0 Å². The molecule has 0 bridgehead atoms. The maximum Gasteiger partial charge on any atom is 0.274 e. The van der Waals surface area contributed by atoms with Gasteiger partial charge in [0.25, 0.3) is 5.69 Å². The fourth-order valence-electron chi connectivity index (χ4n) is 2.37. The molecule has 0 aliphatic rings. The van der Waals surface area contributed by atoms with Gasteiger partial charge < -0.3 is 5.73 Å². The van der Waals surface area contributed by atoms with E-state index in [-0.39, 0.29) is 17.6 Å². The molecule has 0 aromatic heterocycles. The molecule has 21 heavy (non-hydrogen) atoms. The van der Waals surface area contributed by atoms with Gasteiger partial charge in [-0.25, -0.2) is 0 Å². The van der Waals surface area contributed by atoms with Gasteiger partial charge in [0.05, 0.1) is 9.95 Å². The molecule has 2 aromatic rings. The highest BCUT2D eigenvalue weighted by Crippen LogP contribution is 2.31. The molecule has 0 saturated carbocycles. The van der Waals surface area contributed by atoms with Gasteiger partial charge in [0.1, 0.15) is 0 Å². The molecule has 110 valence electrons. The Balaban J connectivity index is 2.24. The van der Waals surface area contributed by atoms with Gasteiger partial charge in [-0.3, -0.25) is 10.1 Å². The monoisotopic (exact) mass is 304 g/mol. The van der Waals surface area contributed by atoms with Crippen LogP contribution in [-0.2, 0) is 6.42 Å². The summed E-state index contributed by atoms with van der Waals surface area (Å²) in [5.74, 6) is 0.0333. The summed E-state index contributed by atoms with van der Waals surface area (Å²) in [6, 6.07) is 14.3. The number of rotatable bonds is 5. The van der Waals surface area contributed by atoms with E-state index in [9.17, 15) is 10.1 Å². The molecule has 0 fully saturated rings. The summed E-state index contributed by atoms with van der Waals surface area (Å²) in [5.41, 5.74) is 7.86. The van der Waals surface area contributed by atoms with E-state index in [1.165, 1.54) is 6.07 Å². The summed E-state index contributed by atoms with van der Waals surface area (Å²) >= 11 is 6.12. The van der Waals surface area contributed by atoms with Gasteiger partial charge in [-0.05, 0) is 24.0 Å². The lowest BCUT2D eigenvalue weighted by Crippen LogP contribution is -2.21. The molecule has 2 N–H and O–H groups in total. The Hall–Kier alpha value is -1.91. The smallest absolute Gasteiger partial charge is 0.274 e. The lowest BCUT2D eigenvalue weighted by molar-refractivity contribution is -0.385. The first-order valence-corrected chi connectivity index (χ1v) is 7.10. The van der Waals surface area contributed by atoms with E-state index < -0.39 is 4.92 Å². The summed E-state index contributed by atoms with van der Waals surface area (Å²) in [6.07, 6.45) is 0.464. The van der Waals surface area contributed by atoms with Gasteiger partial charge in [-0.2, -0.15) is 0 Å². The second kappa shape index (κ2) is 6.70. The van der Waals surface area contributed by atoms with Crippen LogP contribution in [0.1, 0.15) is 24.1 Å². The highest BCUT2D eigenvalue weighted by molar-refractivity contribution is 6.31. The molecule has 0 saturated heterocycles. The molecule has 0 spiro atoms. The van der Waals surface area contributed by atoms with Gasteiger partial charge >= 0.3 is 0 Å². The Labute approximate surface area is 128 Å². The summed E-state index contributed by atoms with van der Waals surface area (Å²) in [5, 5.41) is 11.5. The largest absolute Gasteiger partial charge is 0.324 e. The fraction of sp³-hybridized carbons (Fsp3) is 0.250. The van der Waals surface area contributed by atoms with E-state index >= 15 is 0 Å². The van der Waals surface area contributed by atoms with Crippen LogP contribution < -0.4 is 5.73 Å². The second-order valence-electron chi connectivity index (χ2n) is 5.11. The van der Waals surface area contributed by atoms with Crippen molar-refractivity contribution in [3.8, 4) is 0 Å². The number of benzene rings is 2. The van der Waals surface area contributed by atoms with Crippen molar-refractivity contribution in [3.63, 3.8) is 0 Å². The minimum atomic E-state index is -0.401. The van der Waals surface area contributed by atoms with Gasteiger partial charge in [0.2, 0.25) is 0 Å². The van der Waals surface area contributed by atoms with Crippen LogP contribution in [0.4, 0.5) is 5.69 Å². The SMILES string of the molecule is CC(Cc1c(Cl)cccc1[N+](=O)[O-])C(N)c1ccccc1. The predicted molar refractivity (Wildman–Crippen MR) is 84.3 cm³/mol. The molecular formula is C16H17ClN2O2. The van der Waals surface area contributed by atoms with Crippen LogP contribution in [0.25, 0.3) is 0 Å². The fourth-order valence-corrected chi connectivity index (χ4v) is 2.62. The maximum absolute atomic E-state index is 11.1. The van der Waals surface area contributed by atoms with E-state index in [4.69, 9.17) is 17.3 Å². The number of hydrogen-bond acceptors (Lipinski definition) is 3. The number of halogens is 1. The summed E-state index contributed by atoms with van der Waals surface area (Å²) in [7, 11) is 0. The average molecular weight is 305 g/mol. The maximum atomic E-state index is 11.1. The Kier molecular flexibility index (Phi) is 4.94. The number of nitro benzene ring substituents is 1. The molecule has 5 heteroatoms. The molecule has 2 unspecified atom stereocenters. The normalized spacial score (nSPS) is 13.7. The van der Waals surface area contributed by atoms with Crippen molar-refractivity contribution >= 4 is 17.3 Å². The molecule has 0 aliphatic carbocycles. The molecule has 2 rings (SSSR count). The third kappa shape index (κ3) is 3.60. The number of hydrogen-bond donors (Lipinski definition) is 1. The Morgan fingerprint density at radius 3 is 2.48 bits per heavy atom. The second-order valence-corrected chi connectivity index (χ2v) is 5.52. The zero-order chi connectivity index (χ0) is 15.4. The predicted octanol–water partition coefficient (Wildman–Crippen LogP) is 4.13. The van der Waals surface area contributed by atoms with Gasteiger partial charge in [-0.15, -0.1) is 0 Å². The lowest BCUT2D eigenvalue weighted by Gasteiger charge is -2.20. The Morgan fingerprint density at radius 1 is 1.19 bits per heavy atom. The van der Waals surface area contributed by atoms with Gasteiger partial charge in [0, 0.05) is 17.7 Å². The molecule has 0 radical (unpaired) electrons. The molecule has 0 aliphatic heterocycles. The summed E-state index contributed by atoms with van der Waals surface area (Å²) in [6.45, 7) is 1.98. The molecule has 0 heterocycles. The summed E-state index contributed by atoms with van der Waals surface area (Å²) < 4.78 is 0. The zero-order valence-corrected chi connectivity index (χ0v) is 12.5. The molecule has 0 amide bonds. The Bertz CT molecular complexity index is 631. The Morgan fingerprint density at radius 2 is 1.86 bits per heavy atom. The topological polar surface area (TPSA) is 69.2 Å². The van der Waals surface area contributed by atoms with Gasteiger partial charge in [-0.1, -0.05) is 54.9 Å². The first-order chi connectivity index (χ1) is 10.0. The van der Waals surface area contributed by atoms with Crippen LogP contribution in [-0.4, -0.2) is 4.92 Å². The third-order valence-corrected chi connectivity index (χ3v) is 3.97. The summed E-state index contributed by atoms with van der Waals surface area (Å²) in [4.78, 5) is 10.7. The third-order valence-electron chi connectivity index (χ3n) is 3.61. The quantitative estimate of drug-likeness (QED) is 0.667. The van der Waals surface area contributed by atoms with Crippen LogP contribution >= 0.6 is 11.6 Å². The average Bonchev–Trinajstić information content (AvgIpc) is 2.49. The molecular weight excluding hydrogens is 288 g/mol. The molecule has 2 atom stereocenters. The van der Waals surface area contributed by atoms with E-state index in [0.717, 1.165) is 5.56 Å². The number of nitro groups is 1. The highest BCUT2D eigenvalue weighted by Gasteiger charge is 2.22. The van der Waals surface area contributed by atoms with Crippen LogP contribution in [0.5, 0.6) is 0 Å². The van der Waals surface area contributed by atoms with Crippen molar-refractivity contribution in [3.05, 3.63) is 74.8 Å². The van der Waals surface area contributed by atoms with Crippen LogP contribution in [0.2, 0.25) is 5.02 Å². The van der Waals surface area contributed by atoms with Crippen molar-refractivity contribution in [2.45, 2.75) is 19.4 Å². The van der Waals surface area contributed by atoms with Crippen LogP contribution in [0.3, 0.4) is 0 Å². The van der Waals surface area contributed by atoms with Crippen molar-refractivity contribution in [1.29, 1.82) is 0 Å². The number of nitrogens with two attached hydrogens (primary N) is 1. The van der Waals surface area contributed by atoms with Crippen molar-refractivity contribution < 1.29 is 4.92 Å². The molecule has 2 aromatic carbocycles. The minimum absolute atomic E-state index is 0.0333. The molecule has 4 nitrogen and oxygen atoms in total. The van der Waals surface area contributed by atoms with E-state index in [1.54, 1.807) is 12.1 Å².